The zero-order valence-corrected chi connectivity index (χ0v) is 11.4. The molecule has 0 heterocycles. The van der Waals surface area contributed by atoms with E-state index in [-0.39, 0.29) is 18.3 Å². The van der Waals surface area contributed by atoms with Crippen LogP contribution in [0.1, 0.15) is 21.5 Å². The first-order valence-corrected chi connectivity index (χ1v) is 6.50. The van der Waals surface area contributed by atoms with E-state index in [4.69, 9.17) is 5.73 Å². The van der Waals surface area contributed by atoms with Gasteiger partial charge in [0.1, 0.15) is 5.82 Å². The second kappa shape index (κ2) is 7.22. The zero-order valence-electron chi connectivity index (χ0n) is 11.4. The molecule has 106 valence electrons. The molecule has 0 atom stereocenters. The Bertz CT molecular complexity index is 684. The Kier molecular flexibility index (Phi) is 5.08. The molecule has 0 unspecified atom stereocenters. The van der Waals surface area contributed by atoms with Crippen LogP contribution in [0.3, 0.4) is 0 Å². The van der Waals surface area contributed by atoms with E-state index in [0.29, 0.717) is 12.1 Å². The van der Waals surface area contributed by atoms with E-state index in [1.807, 2.05) is 6.07 Å². The predicted octanol–water partition coefficient (Wildman–Crippen LogP) is 2.07. The first-order chi connectivity index (χ1) is 10.2. The molecule has 2 aromatic carbocycles. The molecule has 0 aliphatic rings. The fraction of sp³-hybridized carbons (Fsp3) is 0.118. The number of nitrogens with one attached hydrogen (secondary N) is 1. The van der Waals surface area contributed by atoms with Crippen molar-refractivity contribution in [1.29, 1.82) is 0 Å². The van der Waals surface area contributed by atoms with Crippen molar-refractivity contribution in [3.8, 4) is 11.8 Å². The van der Waals surface area contributed by atoms with Crippen molar-refractivity contribution in [1.82, 2.24) is 5.32 Å². The Labute approximate surface area is 123 Å². The number of benzene rings is 2. The van der Waals surface area contributed by atoms with Gasteiger partial charge in [-0.05, 0) is 35.9 Å². The van der Waals surface area contributed by atoms with Gasteiger partial charge in [0.05, 0.1) is 6.54 Å². The molecular formula is C17H15FN2O. The number of rotatable bonds is 3. The maximum absolute atomic E-state index is 12.8. The molecule has 4 heteroatoms. The number of hydrogen-bond acceptors (Lipinski definition) is 2. The van der Waals surface area contributed by atoms with Gasteiger partial charge >= 0.3 is 0 Å². The van der Waals surface area contributed by atoms with Crippen LogP contribution in [-0.4, -0.2) is 12.5 Å². The van der Waals surface area contributed by atoms with E-state index in [9.17, 15) is 9.18 Å². The van der Waals surface area contributed by atoms with Crippen LogP contribution in [-0.2, 0) is 6.54 Å². The molecule has 0 fully saturated rings. The average Bonchev–Trinajstić information content (AvgIpc) is 2.52. The van der Waals surface area contributed by atoms with Crippen LogP contribution in [0.25, 0.3) is 0 Å². The van der Waals surface area contributed by atoms with Gasteiger partial charge in [0.2, 0.25) is 0 Å². The van der Waals surface area contributed by atoms with Crippen molar-refractivity contribution in [3.63, 3.8) is 0 Å². The standard InChI is InChI=1S/C17H15FN2O/c18-16-8-6-14(7-9-16)12-20-17(21)15-5-1-3-13(11-15)4-2-10-19/h1,3,5-9,11H,10,12,19H2,(H,20,21). The van der Waals surface area contributed by atoms with Crippen LogP contribution in [0, 0.1) is 17.7 Å². The monoisotopic (exact) mass is 282 g/mol. The maximum Gasteiger partial charge on any atom is 0.251 e. The highest BCUT2D eigenvalue weighted by Crippen LogP contribution is 2.06. The molecule has 2 rings (SSSR count). The molecule has 0 saturated carbocycles. The minimum Gasteiger partial charge on any atom is -0.348 e. The van der Waals surface area contributed by atoms with E-state index >= 15 is 0 Å². The molecule has 1 amide bonds. The van der Waals surface area contributed by atoms with Crippen molar-refractivity contribution in [2.45, 2.75) is 6.54 Å². The normalized spacial score (nSPS) is 9.62. The summed E-state index contributed by atoms with van der Waals surface area (Å²) in [5.74, 6) is 5.13. The lowest BCUT2D eigenvalue weighted by atomic mass is 10.1. The van der Waals surface area contributed by atoms with E-state index in [0.717, 1.165) is 11.1 Å². The van der Waals surface area contributed by atoms with Gasteiger partial charge in [0.15, 0.2) is 0 Å². The second-order valence-electron chi connectivity index (χ2n) is 4.40. The topological polar surface area (TPSA) is 55.1 Å². The molecule has 0 radical (unpaired) electrons. The Balaban J connectivity index is 2.01. The van der Waals surface area contributed by atoms with Crippen LogP contribution in [0.2, 0.25) is 0 Å². The van der Waals surface area contributed by atoms with Gasteiger partial charge in [-0.3, -0.25) is 4.79 Å². The SMILES string of the molecule is NCC#Cc1cccc(C(=O)NCc2ccc(F)cc2)c1. The molecule has 0 saturated heterocycles. The number of carbonyl (C=O) groups excluding carboxylic acids is 1. The predicted molar refractivity (Wildman–Crippen MR) is 79.9 cm³/mol. The number of carbonyl (C=O) groups is 1. The summed E-state index contributed by atoms with van der Waals surface area (Å²) in [5, 5.41) is 2.78. The highest BCUT2D eigenvalue weighted by molar-refractivity contribution is 5.94. The van der Waals surface area contributed by atoms with E-state index in [1.165, 1.54) is 12.1 Å². The Morgan fingerprint density at radius 2 is 1.95 bits per heavy atom. The molecule has 0 aliphatic carbocycles. The summed E-state index contributed by atoms with van der Waals surface area (Å²) < 4.78 is 12.8. The molecule has 0 spiro atoms. The molecule has 2 aromatic rings. The van der Waals surface area contributed by atoms with E-state index in [2.05, 4.69) is 17.2 Å². The van der Waals surface area contributed by atoms with Gasteiger partial charge in [-0.25, -0.2) is 4.39 Å². The Morgan fingerprint density at radius 3 is 2.67 bits per heavy atom. The zero-order chi connectivity index (χ0) is 15.1. The molecule has 0 aliphatic heterocycles. The van der Waals surface area contributed by atoms with Gasteiger partial charge in [-0.1, -0.05) is 30.0 Å². The quantitative estimate of drug-likeness (QED) is 0.847. The third-order valence-electron chi connectivity index (χ3n) is 2.83. The molecular weight excluding hydrogens is 267 g/mol. The lowest BCUT2D eigenvalue weighted by Gasteiger charge is -2.06. The average molecular weight is 282 g/mol. The summed E-state index contributed by atoms with van der Waals surface area (Å²) in [6, 6.07) is 13.0. The summed E-state index contributed by atoms with van der Waals surface area (Å²) in [6.07, 6.45) is 0. The Morgan fingerprint density at radius 1 is 1.19 bits per heavy atom. The molecule has 3 nitrogen and oxygen atoms in total. The fourth-order valence-electron chi connectivity index (χ4n) is 1.78. The first-order valence-electron chi connectivity index (χ1n) is 6.50. The first kappa shape index (κ1) is 14.8. The molecule has 3 N–H and O–H groups in total. The number of nitrogens with two attached hydrogens (primary N) is 1. The van der Waals surface area contributed by atoms with Crippen LogP contribution in [0.4, 0.5) is 4.39 Å². The third kappa shape index (κ3) is 4.44. The minimum atomic E-state index is -0.295. The molecule has 0 bridgehead atoms. The smallest absolute Gasteiger partial charge is 0.251 e. The van der Waals surface area contributed by atoms with Crippen LogP contribution in [0.15, 0.2) is 48.5 Å². The second-order valence-corrected chi connectivity index (χ2v) is 4.40. The van der Waals surface area contributed by atoms with E-state index < -0.39 is 0 Å². The lowest BCUT2D eigenvalue weighted by Crippen LogP contribution is -2.22. The number of hydrogen-bond donors (Lipinski definition) is 2. The van der Waals surface area contributed by atoms with Gasteiger partial charge in [-0.2, -0.15) is 0 Å². The summed E-state index contributed by atoms with van der Waals surface area (Å²) in [7, 11) is 0. The van der Waals surface area contributed by atoms with Gasteiger partial charge < -0.3 is 11.1 Å². The van der Waals surface area contributed by atoms with Crippen LogP contribution < -0.4 is 11.1 Å². The number of amides is 1. The molecule has 21 heavy (non-hydrogen) atoms. The fourth-order valence-corrected chi connectivity index (χ4v) is 1.78. The third-order valence-corrected chi connectivity index (χ3v) is 2.83. The highest BCUT2D eigenvalue weighted by atomic mass is 19.1. The summed E-state index contributed by atoms with van der Waals surface area (Å²) >= 11 is 0. The minimum absolute atomic E-state index is 0.198. The van der Waals surface area contributed by atoms with Crippen LogP contribution in [0.5, 0.6) is 0 Å². The Hall–Kier alpha value is -2.64. The summed E-state index contributed by atoms with van der Waals surface area (Å²) in [4.78, 5) is 12.1. The maximum atomic E-state index is 12.8. The van der Waals surface area contributed by atoms with Crippen molar-refractivity contribution in [3.05, 3.63) is 71.0 Å². The van der Waals surface area contributed by atoms with Crippen molar-refractivity contribution in [2.75, 3.05) is 6.54 Å². The van der Waals surface area contributed by atoms with Crippen molar-refractivity contribution in [2.24, 2.45) is 5.73 Å². The van der Waals surface area contributed by atoms with Gasteiger partial charge in [0, 0.05) is 17.7 Å². The summed E-state index contributed by atoms with van der Waals surface area (Å²) in [5.41, 5.74) is 7.43. The molecule has 0 aromatic heterocycles. The summed E-state index contributed by atoms with van der Waals surface area (Å²) in [6.45, 7) is 0.624. The van der Waals surface area contributed by atoms with E-state index in [1.54, 1.807) is 30.3 Å². The van der Waals surface area contributed by atoms with Crippen molar-refractivity contribution >= 4 is 5.91 Å². The van der Waals surface area contributed by atoms with Gasteiger partial charge in [-0.15, -0.1) is 0 Å². The van der Waals surface area contributed by atoms with Crippen LogP contribution >= 0.6 is 0 Å². The van der Waals surface area contributed by atoms with Gasteiger partial charge in [0.25, 0.3) is 5.91 Å². The lowest BCUT2D eigenvalue weighted by molar-refractivity contribution is 0.0951. The highest BCUT2D eigenvalue weighted by Gasteiger charge is 2.05. The largest absolute Gasteiger partial charge is 0.348 e. The van der Waals surface area contributed by atoms with Crippen molar-refractivity contribution < 1.29 is 9.18 Å². The number of halogens is 1.